The lowest BCUT2D eigenvalue weighted by molar-refractivity contribution is 0.328. The SMILES string of the molecule is CC1NCCC2N=Cc3ccccc3C21. The van der Waals surface area contributed by atoms with E-state index in [0.717, 1.165) is 6.54 Å². The molecule has 2 heteroatoms. The average molecular weight is 200 g/mol. The minimum absolute atomic E-state index is 0.496. The molecule has 3 unspecified atom stereocenters. The Labute approximate surface area is 90.4 Å². The third-order valence-corrected chi connectivity index (χ3v) is 3.62. The van der Waals surface area contributed by atoms with E-state index < -0.39 is 0 Å². The van der Waals surface area contributed by atoms with Gasteiger partial charge in [-0.25, -0.2) is 0 Å². The molecular formula is C13H16N2. The first-order valence-corrected chi connectivity index (χ1v) is 5.72. The van der Waals surface area contributed by atoms with Crippen molar-refractivity contribution in [2.24, 2.45) is 4.99 Å². The van der Waals surface area contributed by atoms with Crippen molar-refractivity contribution in [1.29, 1.82) is 0 Å². The molecule has 0 aromatic heterocycles. The summed E-state index contributed by atoms with van der Waals surface area (Å²) >= 11 is 0. The minimum Gasteiger partial charge on any atom is -0.313 e. The molecule has 2 aliphatic heterocycles. The van der Waals surface area contributed by atoms with Crippen molar-refractivity contribution in [3.8, 4) is 0 Å². The first-order chi connectivity index (χ1) is 7.36. The Bertz CT molecular complexity index is 397. The molecule has 1 saturated heterocycles. The van der Waals surface area contributed by atoms with Gasteiger partial charge in [0, 0.05) is 18.2 Å². The fourth-order valence-corrected chi connectivity index (χ4v) is 2.85. The number of fused-ring (bicyclic) bond motifs is 3. The van der Waals surface area contributed by atoms with E-state index in [2.05, 4.69) is 47.7 Å². The Kier molecular flexibility index (Phi) is 2.10. The van der Waals surface area contributed by atoms with E-state index in [1.54, 1.807) is 0 Å². The van der Waals surface area contributed by atoms with Crippen LogP contribution in [0.2, 0.25) is 0 Å². The van der Waals surface area contributed by atoms with Crippen molar-refractivity contribution >= 4 is 6.21 Å². The zero-order valence-corrected chi connectivity index (χ0v) is 8.98. The van der Waals surface area contributed by atoms with E-state index in [-0.39, 0.29) is 0 Å². The molecule has 3 rings (SSSR count). The van der Waals surface area contributed by atoms with Crippen molar-refractivity contribution in [2.75, 3.05) is 6.54 Å². The second-order valence-corrected chi connectivity index (χ2v) is 4.53. The Morgan fingerprint density at radius 3 is 3.13 bits per heavy atom. The van der Waals surface area contributed by atoms with Gasteiger partial charge in [0.05, 0.1) is 6.04 Å². The maximum Gasteiger partial charge on any atom is 0.0595 e. The molecular weight excluding hydrogens is 184 g/mol. The average Bonchev–Trinajstić information content (AvgIpc) is 2.29. The van der Waals surface area contributed by atoms with Crippen LogP contribution >= 0.6 is 0 Å². The van der Waals surface area contributed by atoms with Gasteiger partial charge in [-0.2, -0.15) is 0 Å². The standard InChI is InChI=1S/C13H16N2/c1-9-13-11-5-3-2-4-10(11)8-15-12(13)6-7-14-9/h2-5,8-9,12-14H,6-7H2,1H3. The van der Waals surface area contributed by atoms with Crippen LogP contribution in [0.1, 0.15) is 30.4 Å². The van der Waals surface area contributed by atoms with Gasteiger partial charge in [-0.3, -0.25) is 4.99 Å². The first kappa shape index (κ1) is 9.10. The van der Waals surface area contributed by atoms with Crippen LogP contribution in [0, 0.1) is 0 Å². The molecule has 1 fully saturated rings. The van der Waals surface area contributed by atoms with Crippen LogP contribution in [0.15, 0.2) is 29.3 Å². The first-order valence-electron chi connectivity index (χ1n) is 5.72. The van der Waals surface area contributed by atoms with Crippen molar-refractivity contribution < 1.29 is 0 Å². The van der Waals surface area contributed by atoms with Gasteiger partial charge in [-0.05, 0) is 31.0 Å². The number of benzene rings is 1. The Hall–Kier alpha value is -1.15. The van der Waals surface area contributed by atoms with Crippen molar-refractivity contribution in [3.63, 3.8) is 0 Å². The largest absolute Gasteiger partial charge is 0.313 e. The summed E-state index contributed by atoms with van der Waals surface area (Å²) in [4.78, 5) is 4.68. The monoisotopic (exact) mass is 200 g/mol. The van der Waals surface area contributed by atoms with E-state index in [0.29, 0.717) is 18.0 Å². The molecule has 1 aromatic carbocycles. The van der Waals surface area contributed by atoms with E-state index in [9.17, 15) is 0 Å². The number of piperidine rings is 1. The molecule has 0 radical (unpaired) electrons. The second-order valence-electron chi connectivity index (χ2n) is 4.53. The normalized spacial score (nSPS) is 33.3. The second kappa shape index (κ2) is 3.46. The summed E-state index contributed by atoms with van der Waals surface area (Å²) in [6.45, 7) is 3.37. The lowest BCUT2D eigenvalue weighted by Crippen LogP contribution is -2.46. The fraction of sp³-hybridized carbons (Fsp3) is 0.462. The molecule has 0 spiro atoms. The number of nitrogens with one attached hydrogen (secondary N) is 1. The number of rotatable bonds is 0. The van der Waals surface area contributed by atoms with Crippen LogP contribution in [0.4, 0.5) is 0 Å². The van der Waals surface area contributed by atoms with Crippen molar-refractivity contribution in [1.82, 2.24) is 5.32 Å². The van der Waals surface area contributed by atoms with Gasteiger partial charge in [0.15, 0.2) is 0 Å². The molecule has 1 aromatic rings. The Morgan fingerprint density at radius 1 is 1.33 bits per heavy atom. The third kappa shape index (κ3) is 1.40. The molecule has 2 nitrogen and oxygen atoms in total. The topological polar surface area (TPSA) is 24.4 Å². The zero-order valence-electron chi connectivity index (χ0n) is 8.98. The van der Waals surface area contributed by atoms with Gasteiger partial charge in [0.2, 0.25) is 0 Å². The van der Waals surface area contributed by atoms with E-state index in [1.807, 2.05) is 0 Å². The van der Waals surface area contributed by atoms with Crippen LogP contribution in [0.25, 0.3) is 0 Å². The highest BCUT2D eigenvalue weighted by molar-refractivity contribution is 5.83. The molecule has 2 heterocycles. The Balaban J connectivity index is 2.07. The van der Waals surface area contributed by atoms with Crippen LogP contribution in [-0.2, 0) is 0 Å². The number of nitrogens with zero attached hydrogens (tertiary/aromatic N) is 1. The molecule has 0 amide bonds. The lowest BCUT2D eigenvalue weighted by Gasteiger charge is -2.38. The summed E-state index contributed by atoms with van der Waals surface area (Å²) in [6, 6.07) is 9.68. The fourth-order valence-electron chi connectivity index (χ4n) is 2.85. The summed E-state index contributed by atoms with van der Waals surface area (Å²) in [6.07, 6.45) is 3.22. The van der Waals surface area contributed by atoms with Gasteiger partial charge >= 0.3 is 0 Å². The number of aliphatic imine (C=N–C) groups is 1. The van der Waals surface area contributed by atoms with Crippen molar-refractivity contribution in [2.45, 2.75) is 31.3 Å². The van der Waals surface area contributed by atoms with Crippen LogP contribution in [0.3, 0.4) is 0 Å². The van der Waals surface area contributed by atoms with E-state index >= 15 is 0 Å². The maximum atomic E-state index is 4.68. The zero-order chi connectivity index (χ0) is 10.3. The van der Waals surface area contributed by atoms with Gasteiger partial charge < -0.3 is 5.32 Å². The number of hydrogen-bond donors (Lipinski definition) is 1. The van der Waals surface area contributed by atoms with E-state index in [4.69, 9.17) is 0 Å². The molecule has 78 valence electrons. The minimum atomic E-state index is 0.496. The van der Waals surface area contributed by atoms with Gasteiger partial charge in [0.1, 0.15) is 0 Å². The predicted octanol–water partition coefficient (Wildman–Crippen LogP) is 1.95. The number of hydrogen-bond acceptors (Lipinski definition) is 2. The highest BCUT2D eigenvalue weighted by Crippen LogP contribution is 2.34. The smallest absolute Gasteiger partial charge is 0.0595 e. The summed E-state index contributed by atoms with van der Waals surface area (Å²) in [5, 5.41) is 3.55. The van der Waals surface area contributed by atoms with Gasteiger partial charge in [0.25, 0.3) is 0 Å². The molecule has 15 heavy (non-hydrogen) atoms. The third-order valence-electron chi connectivity index (χ3n) is 3.62. The molecule has 2 aliphatic rings. The van der Waals surface area contributed by atoms with Crippen molar-refractivity contribution in [3.05, 3.63) is 35.4 Å². The van der Waals surface area contributed by atoms with Gasteiger partial charge in [-0.15, -0.1) is 0 Å². The van der Waals surface area contributed by atoms with Crippen LogP contribution in [0.5, 0.6) is 0 Å². The molecule has 0 aliphatic carbocycles. The maximum absolute atomic E-state index is 4.68. The summed E-state index contributed by atoms with van der Waals surface area (Å²) in [5.74, 6) is 0.569. The molecule has 0 saturated carbocycles. The quantitative estimate of drug-likeness (QED) is 0.680. The van der Waals surface area contributed by atoms with Gasteiger partial charge in [-0.1, -0.05) is 24.3 Å². The molecule has 3 atom stereocenters. The molecule has 1 N–H and O–H groups in total. The molecule has 0 bridgehead atoms. The van der Waals surface area contributed by atoms with E-state index in [1.165, 1.54) is 17.5 Å². The highest BCUT2D eigenvalue weighted by Gasteiger charge is 2.34. The summed E-state index contributed by atoms with van der Waals surface area (Å²) < 4.78 is 0. The van der Waals surface area contributed by atoms with Crippen LogP contribution < -0.4 is 5.32 Å². The summed E-state index contributed by atoms with van der Waals surface area (Å²) in [7, 11) is 0. The lowest BCUT2D eigenvalue weighted by atomic mass is 9.78. The van der Waals surface area contributed by atoms with Crippen LogP contribution in [-0.4, -0.2) is 24.8 Å². The predicted molar refractivity (Wildman–Crippen MR) is 62.6 cm³/mol. The summed E-state index contributed by atoms with van der Waals surface area (Å²) in [5.41, 5.74) is 2.77. The highest BCUT2D eigenvalue weighted by atomic mass is 15.0. The Morgan fingerprint density at radius 2 is 2.20 bits per heavy atom.